The minimum atomic E-state index is -0.398. The maximum absolute atomic E-state index is 12.5. The van der Waals surface area contributed by atoms with Crippen molar-refractivity contribution in [3.8, 4) is 0 Å². The van der Waals surface area contributed by atoms with E-state index in [0.29, 0.717) is 21.6 Å². The number of aryl methyl sites for hydroxylation is 3. The summed E-state index contributed by atoms with van der Waals surface area (Å²) in [5, 5.41) is 2.76. The molecule has 2 heterocycles. The zero-order chi connectivity index (χ0) is 23.5. The second kappa shape index (κ2) is 9.76. The van der Waals surface area contributed by atoms with Crippen molar-refractivity contribution in [2.24, 2.45) is 0 Å². The van der Waals surface area contributed by atoms with E-state index in [2.05, 4.69) is 9.97 Å². The summed E-state index contributed by atoms with van der Waals surface area (Å²) in [6.07, 6.45) is 0. The lowest BCUT2D eigenvalue weighted by Gasteiger charge is -2.23. The second-order valence-corrected chi connectivity index (χ2v) is 9.38. The fourth-order valence-electron chi connectivity index (χ4n) is 3.61. The van der Waals surface area contributed by atoms with Gasteiger partial charge in [0.05, 0.1) is 11.4 Å². The average Bonchev–Trinajstić information content (AvgIpc) is 3.39. The number of para-hydroxylation sites is 2. The van der Waals surface area contributed by atoms with Crippen LogP contribution in [0.2, 0.25) is 0 Å². The van der Waals surface area contributed by atoms with Crippen molar-refractivity contribution in [3.05, 3.63) is 64.2 Å². The number of ether oxygens (including phenoxy) is 1. The Morgan fingerprint density at radius 3 is 2.55 bits per heavy atom. The van der Waals surface area contributed by atoms with Crippen molar-refractivity contribution in [3.63, 3.8) is 0 Å². The maximum atomic E-state index is 12.5. The van der Waals surface area contributed by atoms with Crippen LogP contribution in [0.5, 0.6) is 0 Å². The number of nitrogens with zero attached hydrogens (tertiary/aromatic N) is 3. The molecule has 9 heteroatoms. The van der Waals surface area contributed by atoms with Crippen molar-refractivity contribution in [1.82, 2.24) is 9.97 Å². The van der Waals surface area contributed by atoms with Gasteiger partial charge in [-0.2, -0.15) is 0 Å². The maximum Gasteiger partial charge on any atom is 0.316 e. The van der Waals surface area contributed by atoms with E-state index in [1.807, 2.05) is 57.2 Å². The number of carbonyl (C=O) groups excluding carboxylic acids is 2. The van der Waals surface area contributed by atoms with Crippen LogP contribution in [0.3, 0.4) is 0 Å². The molecule has 7 nitrogen and oxygen atoms in total. The summed E-state index contributed by atoms with van der Waals surface area (Å²) >= 11 is 2.52. The first-order valence-corrected chi connectivity index (χ1v) is 12.2. The third-order valence-electron chi connectivity index (χ3n) is 4.87. The molecule has 0 N–H and O–H groups in total. The van der Waals surface area contributed by atoms with Crippen LogP contribution in [-0.2, 0) is 20.9 Å². The van der Waals surface area contributed by atoms with Gasteiger partial charge in [0.15, 0.2) is 10.7 Å². The lowest BCUT2D eigenvalue weighted by Crippen LogP contribution is -2.24. The van der Waals surface area contributed by atoms with Gasteiger partial charge in [-0.25, -0.2) is 9.97 Å². The van der Waals surface area contributed by atoms with Gasteiger partial charge in [0.1, 0.15) is 17.9 Å². The number of aromatic nitrogens is 2. The first-order valence-electron chi connectivity index (χ1n) is 10.3. The van der Waals surface area contributed by atoms with Crippen LogP contribution >= 0.6 is 23.1 Å². The minimum absolute atomic E-state index is 0.0288. The molecule has 1 amide bonds. The highest BCUT2D eigenvalue weighted by atomic mass is 32.2. The zero-order valence-electron chi connectivity index (χ0n) is 18.7. The second-order valence-electron chi connectivity index (χ2n) is 7.62. The molecular weight excluding hydrogens is 458 g/mol. The van der Waals surface area contributed by atoms with E-state index in [4.69, 9.17) is 9.15 Å². The van der Waals surface area contributed by atoms with E-state index in [1.54, 1.807) is 10.3 Å². The Morgan fingerprint density at radius 2 is 1.85 bits per heavy atom. The van der Waals surface area contributed by atoms with Crippen molar-refractivity contribution in [1.29, 1.82) is 0 Å². The molecule has 0 fully saturated rings. The normalized spacial score (nSPS) is 11.0. The molecule has 0 unspecified atom stereocenters. The van der Waals surface area contributed by atoms with Crippen LogP contribution in [-0.4, -0.2) is 27.6 Å². The first-order chi connectivity index (χ1) is 15.8. The van der Waals surface area contributed by atoms with Gasteiger partial charge in [-0.05, 0) is 44.0 Å². The number of thiazole rings is 1. The minimum Gasteiger partial charge on any atom is -0.459 e. The fraction of sp³-hybridized carbons (Fsp3) is 0.250. The quantitative estimate of drug-likeness (QED) is 0.246. The molecule has 2 aromatic heterocycles. The molecule has 4 rings (SSSR count). The molecule has 0 aliphatic rings. The number of fused-ring (bicyclic) bond motifs is 1. The Hall–Kier alpha value is -3.17. The molecule has 0 spiro atoms. The summed E-state index contributed by atoms with van der Waals surface area (Å²) < 4.78 is 11.0. The van der Waals surface area contributed by atoms with Crippen molar-refractivity contribution < 1.29 is 18.7 Å². The summed E-state index contributed by atoms with van der Waals surface area (Å²) in [6.45, 7) is 7.54. The first kappa shape index (κ1) is 23.0. The third kappa shape index (κ3) is 5.26. The topological polar surface area (TPSA) is 85.5 Å². The molecule has 0 aliphatic heterocycles. The smallest absolute Gasteiger partial charge is 0.316 e. The number of amides is 1. The molecule has 170 valence electrons. The number of thioether (sulfide) groups is 1. The van der Waals surface area contributed by atoms with Gasteiger partial charge in [-0.15, -0.1) is 11.3 Å². The average molecular weight is 482 g/mol. The Kier molecular flexibility index (Phi) is 6.80. The molecule has 33 heavy (non-hydrogen) atoms. The van der Waals surface area contributed by atoms with Crippen molar-refractivity contribution in [2.75, 3.05) is 10.7 Å². The highest BCUT2D eigenvalue weighted by molar-refractivity contribution is 7.99. The Labute approximate surface area is 199 Å². The van der Waals surface area contributed by atoms with E-state index < -0.39 is 5.97 Å². The van der Waals surface area contributed by atoms with Gasteiger partial charge in [0.2, 0.25) is 5.91 Å². The highest BCUT2D eigenvalue weighted by Crippen LogP contribution is 2.34. The highest BCUT2D eigenvalue weighted by Gasteiger charge is 2.22. The van der Waals surface area contributed by atoms with E-state index in [1.165, 1.54) is 30.0 Å². The number of hydrogen-bond donors (Lipinski definition) is 0. The molecule has 0 radical (unpaired) electrons. The predicted molar refractivity (Wildman–Crippen MR) is 130 cm³/mol. The van der Waals surface area contributed by atoms with Gasteiger partial charge in [0.25, 0.3) is 5.22 Å². The summed E-state index contributed by atoms with van der Waals surface area (Å²) in [4.78, 5) is 35.2. The lowest BCUT2D eigenvalue weighted by molar-refractivity contribution is -0.141. The van der Waals surface area contributed by atoms with Crippen LogP contribution < -0.4 is 4.90 Å². The third-order valence-corrected chi connectivity index (χ3v) is 6.55. The van der Waals surface area contributed by atoms with Gasteiger partial charge < -0.3 is 9.15 Å². The molecule has 0 saturated heterocycles. The van der Waals surface area contributed by atoms with E-state index in [0.717, 1.165) is 27.9 Å². The van der Waals surface area contributed by atoms with Crippen LogP contribution in [0.1, 0.15) is 29.3 Å². The number of oxazole rings is 1. The van der Waals surface area contributed by atoms with E-state index in [9.17, 15) is 9.59 Å². The molecular formula is C24H23N3O4S2. The van der Waals surface area contributed by atoms with Crippen LogP contribution in [0, 0.1) is 20.8 Å². The summed E-state index contributed by atoms with van der Waals surface area (Å²) in [5.41, 5.74) is 5.99. The molecule has 0 saturated carbocycles. The van der Waals surface area contributed by atoms with Crippen molar-refractivity contribution in [2.45, 2.75) is 39.5 Å². The number of rotatable bonds is 7. The number of esters is 1. The van der Waals surface area contributed by atoms with Crippen molar-refractivity contribution >= 4 is 56.9 Å². The number of carbonyl (C=O) groups is 2. The van der Waals surface area contributed by atoms with Crippen LogP contribution in [0.15, 0.2) is 51.4 Å². The van der Waals surface area contributed by atoms with E-state index in [-0.39, 0.29) is 18.3 Å². The predicted octanol–water partition coefficient (Wildman–Crippen LogP) is 5.73. The number of hydrogen-bond acceptors (Lipinski definition) is 8. The SMILES string of the molecule is CC(=O)N(c1nc(COC(=O)CSc2nc3ccccc3o2)cs1)c1c(C)cc(C)cc1C. The monoisotopic (exact) mass is 481 g/mol. The zero-order valence-corrected chi connectivity index (χ0v) is 20.4. The number of benzene rings is 2. The van der Waals surface area contributed by atoms with Crippen LogP contribution in [0.25, 0.3) is 11.1 Å². The Balaban J connectivity index is 1.39. The molecule has 4 aromatic rings. The fourth-order valence-corrected chi connectivity index (χ4v) is 5.10. The van der Waals surface area contributed by atoms with Crippen LogP contribution in [0.4, 0.5) is 10.8 Å². The summed E-state index contributed by atoms with van der Waals surface area (Å²) in [5.74, 6) is -0.450. The molecule has 0 aliphatic carbocycles. The van der Waals surface area contributed by atoms with Gasteiger partial charge >= 0.3 is 5.97 Å². The molecule has 0 atom stereocenters. The summed E-state index contributed by atoms with van der Waals surface area (Å²) in [6, 6.07) is 11.5. The molecule has 0 bridgehead atoms. The Bertz CT molecular complexity index is 1270. The van der Waals surface area contributed by atoms with E-state index >= 15 is 0 Å². The summed E-state index contributed by atoms with van der Waals surface area (Å²) in [7, 11) is 0. The Morgan fingerprint density at radius 1 is 1.12 bits per heavy atom. The van der Waals surface area contributed by atoms with Gasteiger partial charge in [-0.1, -0.05) is 41.6 Å². The number of anilines is 2. The van der Waals surface area contributed by atoms with Gasteiger partial charge in [0, 0.05) is 12.3 Å². The van der Waals surface area contributed by atoms with Gasteiger partial charge in [-0.3, -0.25) is 14.5 Å². The lowest BCUT2D eigenvalue weighted by atomic mass is 10.0. The largest absolute Gasteiger partial charge is 0.459 e. The standard InChI is InChI=1S/C24H23N3O4S2/c1-14-9-15(2)22(16(3)10-14)27(17(4)28)23-25-18(12-32-23)11-30-21(29)13-33-24-26-19-7-5-6-8-20(19)31-24/h5-10,12H,11,13H2,1-4H3. The molecule has 2 aromatic carbocycles.